The van der Waals surface area contributed by atoms with Crippen molar-refractivity contribution < 1.29 is 12.8 Å². The normalized spacial score (nSPS) is 11.7. The molecule has 4 nitrogen and oxygen atoms in total. The molecule has 0 bridgehead atoms. The highest BCUT2D eigenvalue weighted by molar-refractivity contribution is 9.11. The van der Waals surface area contributed by atoms with Crippen LogP contribution in [-0.4, -0.2) is 8.42 Å². The summed E-state index contributed by atoms with van der Waals surface area (Å²) in [4.78, 5) is 0.813. The van der Waals surface area contributed by atoms with E-state index in [-0.39, 0.29) is 17.1 Å². The molecule has 0 fully saturated rings. The van der Waals surface area contributed by atoms with E-state index in [1.807, 2.05) is 12.1 Å². The van der Waals surface area contributed by atoms with Crippen LogP contribution in [0.5, 0.6) is 0 Å². The molecule has 1 aromatic carbocycles. The van der Waals surface area contributed by atoms with Crippen LogP contribution in [0, 0.1) is 5.82 Å². The van der Waals surface area contributed by atoms with Gasteiger partial charge in [-0.1, -0.05) is 0 Å². The van der Waals surface area contributed by atoms with Gasteiger partial charge in [0.05, 0.1) is 14.4 Å². The van der Waals surface area contributed by atoms with Crippen molar-refractivity contribution in [1.82, 2.24) is 4.72 Å². The molecule has 0 amide bonds. The van der Waals surface area contributed by atoms with Gasteiger partial charge in [-0.25, -0.2) is 17.5 Å². The van der Waals surface area contributed by atoms with Crippen LogP contribution in [0.2, 0.25) is 0 Å². The number of rotatable bonds is 4. The molecule has 0 aliphatic heterocycles. The predicted molar refractivity (Wildman–Crippen MR) is 76.9 cm³/mol. The van der Waals surface area contributed by atoms with Gasteiger partial charge >= 0.3 is 0 Å². The Labute approximate surface area is 122 Å². The first kappa shape index (κ1) is 14.4. The van der Waals surface area contributed by atoms with E-state index in [0.717, 1.165) is 20.8 Å². The second kappa shape index (κ2) is 5.58. The maximum absolute atomic E-state index is 13.0. The van der Waals surface area contributed by atoms with Crippen LogP contribution in [0.25, 0.3) is 0 Å². The molecule has 0 radical (unpaired) electrons. The van der Waals surface area contributed by atoms with Gasteiger partial charge in [0, 0.05) is 11.4 Å². The lowest BCUT2D eigenvalue weighted by atomic mass is 10.3. The fourth-order valence-corrected chi connectivity index (χ4v) is 3.94. The summed E-state index contributed by atoms with van der Waals surface area (Å²) in [6.45, 7) is 0.176. The Kier molecular flexibility index (Phi) is 4.24. The first-order valence-electron chi connectivity index (χ1n) is 5.17. The van der Waals surface area contributed by atoms with E-state index < -0.39 is 15.8 Å². The Morgan fingerprint density at radius 2 is 2.05 bits per heavy atom. The smallest absolute Gasteiger partial charge is 0.240 e. The van der Waals surface area contributed by atoms with E-state index in [0.29, 0.717) is 0 Å². The Balaban J connectivity index is 2.16. The van der Waals surface area contributed by atoms with Crippen LogP contribution in [0.3, 0.4) is 0 Å². The van der Waals surface area contributed by atoms with Crippen molar-refractivity contribution in [2.24, 2.45) is 0 Å². The van der Waals surface area contributed by atoms with E-state index in [1.165, 1.54) is 17.4 Å². The van der Waals surface area contributed by atoms with Crippen molar-refractivity contribution in [3.63, 3.8) is 0 Å². The van der Waals surface area contributed by atoms with Crippen LogP contribution in [-0.2, 0) is 16.6 Å². The molecule has 0 unspecified atom stereocenters. The number of nitrogens with one attached hydrogen (secondary N) is 1. The lowest BCUT2D eigenvalue weighted by Gasteiger charge is -2.06. The molecule has 102 valence electrons. The summed E-state index contributed by atoms with van der Waals surface area (Å²) in [6.07, 6.45) is 0. The van der Waals surface area contributed by atoms with Gasteiger partial charge in [-0.05, 0) is 46.3 Å². The number of benzene rings is 1. The lowest BCUT2D eigenvalue weighted by Crippen LogP contribution is -2.23. The molecule has 0 saturated carbocycles. The van der Waals surface area contributed by atoms with Crippen molar-refractivity contribution >= 4 is 43.0 Å². The average Bonchev–Trinajstić information content (AvgIpc) is 2.76. The molecule has 8 heteroatoms. The molecule has 1 aromatic heterocycles. The predicted octanol–water partition coefficient (Wildman–Crippen LogP) is 2.71. The lowest BCUT2D eigenvalue weighted by molar-refractivity contribution is 0.581. The Bertz CT molecular complexity index is 700. The van der Waals surface area contributed by atoms with Crippen LogP contribution >= 0.6 is 27.3 Å². The third-order valence-electron chi connectivity index (χ3n) is 2.34. The van der Waals surface area contributed by atoms with Crippen LogP contribution in [0.1, 0.15) is 4.88 Å². The molecule has 0 aliphatic rings. The minimum atomic E-state index is -3.69. The first-order valence-corrected chi connectivity index (χ1v) is 8.26. The zero-order valence-corrected chi connectivity index (χ0v) is 12.8. The van der Waals surface area contributed by atoms with E-state index in [2.05, 4.69) is 20.7 Å². The van der Waals surface area contributed by atoms with Crippen molar-refractivity contribution in [2.75, 3.05) is 5.73 Å². The number of sulfonamides is 1. The molecule has 0 saturated heterocycles. The topological polar surface area (TPSA) is 72.2 Å². The number of halogens is 2. The molecule has 2 aromatic rings. The SMILES string of the molecule is Nc1cc(S(=O)(=O)NCc2ccc(Br)s2)ccc1F. The van der Waals surface area contributed by atoms with Crippen molar-refractivity contribution in [1.29, 1.82) is 0 Å². The number of nitrogens with two attached hydrogens (primary N) is 1. The number of hydrogen-bond acceptors (Lipinski definition) is 4. The number of anilines is 1. The summed E-state index contributed by atoms with van der Waals surface area (Å²) < 4.78 is 40.3. The van der Waals surface area contributed by atoms with Crippen molar-refractivity contribution in [3.05, 3.63) is 44.8 Å². The largest absolute Gasteiger partial charge is 0.396 e. The molecule has 2 rings (SSSR count). The molecule has 0 aliphatic carbocycles. The number of nitrogen functional groups attached to an aromatic ring is 1. The fourth-order valence-electron chi connectivity index (χ4n) is 1.39. The van der Waals surface area contributed by atoms with Gasteiger partial charge in [-0.15, -0.1) is 11.3 Å². The van der Waals surface area contributed by atoms with Gasteiger partial charge < -0.3 is 5.73 Å². The number of hydrogen-bond donors (Lipinski definition) is 2. The van der Waals surface area contributed by atoms with E-state index >= 15 is 0 Å². The van der Waals surface area contributed by atoms with Gasteiger partial charge in [0.25, 0.3) is 0 Å². The van der Waals surface area contributed by atoms with Crippen LogP contribution in [0.15, 0.2) is 39.0 Å². The van der Waals surface area contributed by atoms with Gasteiger partial charge in [-0.2, -0.15) is 0 Å². The molecule has 0 atom stereocenters. The second-order valence-electron chi connectivity index (χ2n) is 3.71. The monoisotopic (exact) mass is 364 g/mol. The van der Waals surface area contributed by atoms with Crippen molar-refractivity contribution in [2.45, 2.75) is 11.4 Å². The minimum Gasteiger partial charge on any atom is -0.396 e. The molecular weight excluding hydrogens is 355 g/mol. The summed E-state index contributed by atoms with van der Waals surface area (Å²) in [6, 6.07) is 6.96. The van der Waals surface area contributed by atoms with E-state index in [9.17, 15) is 12.8 Å². The highest BCUT2D eigenvalue weighted by Gasteiger charge is 2.15. The summed E-state index contributed by atoms with van der Waals surface area (Å²) in [5, 5.41) is 0. The quantitative estimate of drug-likeness (QED) is 0.819. The summed E-state index contributed by atoms with van der Waals surface area (Å²) in [5.74, 6) is -0.638. The summed E-state index contributed by atoms with van der Waals surface area (Å²) in [5.41, 5.74) is 5.16. The Morgan fingerprint density at radius 3 is 2.63 bits per heavy atom. The molecular formula is C11H10BrFN2O2S2. The van der Waals surface area contributed by atoms with Gasteiger partial charge in [0.1, 0.15) is 5.82 Å². The second-order valence-corrected chi connectivity index (χ2v) is 8.03. The Hall–Kier alpha value is -0.960. The van der Waals surface area contributed by atoms with Crippen molar-refractivity contribution in [3.8, 4) is 0 Å². The van der Waals surface area contributed by atoms with Gasteiger partial charge in [0.15, 0.2) is 0 Å². The zero-order valence-electron chi connectivity index (χ0n) is 9.56. The highest BCUT2D eigenvalue weighted by atomic mass is 79.9. The molecule has 19 heavy (non-hydrogen) atoms. The third kappa shape index (κ3) is 3.53. The maximum Gasteiger partial charge on any atom is 0.240 e. The van der Waals surface area contributed by atoms with E-state index in [1.54, 1.807) is 0 Å². The highest BCUT2D eigenvalue weighted by Crippen LogP contribution is 2.22. The first-order chi connectivity index (χ1) is 8.88. The summed E-state index contributed by atoms with van der Waals surface area (Å²) >= 11 is 4.73. The minimum absolute atomic E-state index is 0.0537. The zero-order chi connectivity index (χ0) is 14.0. The number of thiophene rings is 1. The van der Waals surface area contributed by atoms with Crippen LogP contribution < -0.4 is 10.5 Å². The average molecular weight is 365 g/mol. The van der Waals surface area contributed by atoms with Gasteiger partial charge in [-0.3, -0.25) is 0 Å². The molecule has 0 spiro atoms. The molecule has 1 heterocycles. The van der Waals surface area contributed by atoms with E-state index in [4.69, 9.17) is 5.73 Å². The summed E-state index contributed by atoms with van der Waals surface area (Å²) in [7, 11) is -3.69. The fraction of sp³-hybridized carbons (Fsp3) is 0.0909. The third-order valence-corrected chi connectivity index (χ3v) is 5.37. The van der Waals surface area contributed by atoms with Gasteiger partial charge in [0.2, 0.25) is 10.0 Å². The van der Waals surface area contributed by atoms with Crippen LogP contribution in [0.4, 0.5) is 10.1 Å². The Morgan fingerprint density at radius 1 is 1.32 bits per heavy atom. The molecule has 3 N–H and O–H groups in total. The maximum atomic E-state index is 13.0. The standard InChI is InChI=1S/C11H10BrFN2O2S2/c12-11-4-1-7(18-11)6-15-19(16,17)8-2-3-9(13)10(14)5-8/h1-5,15H,6,14H2.